The summed E-state index contributed by atoms with van der Waals surface area (Å²) >= 11 is 0. The van der Waals surface area contributed by atoms with Crippen molar-refractivity contribution in [2.24, 2.45) is 11.8 Å². The fourth-order valence-corrected chi connectivity index (χ4v) is 3.68. The summed E-state index contributed by atoms with van der Waals surface area (Å²) in [5, 5.41) is 2.98. The van der Waals surface area contributed by atoms with E-state index < -0.39 is 47.0 Å². The predicted molar refractivity (Wildman–Crippen MR) is 77.5 cm³/mol. The minimum Gasteiger partial charge on any atom is -0.468 e. The number of methoxy groups -OCH3 is 1. The number of imide groups is 1. The number of carbonyl (C=O) groups is 3. The van der Waals surface area contributed by atoms with Crippen LogP contribution in [0.3, 0.4) is 0 Å². The van der Waals surface area contributed by atoms with Gasteiger partial charge in [0, 0.05) is 18.7 Å². The zero-order valence-electron chi connectivity index (χ0n) is 13.0. The summed E-state index contributed by atoms with van der Waals surface area (Å²) in [6, 6.07) is 5.24. The molecule has 0 bridgehead atoms. The molecule has 2 heterocycles. The first kappa shape index (κ1) is 15.6. The Morgan fingerprint density at radius 1 is 1.30 bits per heavy atom. The molecular weight excluding hydrogens is 303 g/mol. The van der Waals surface area contributed by atoms with Crippen molar-refractivity contribution < 1.29 is 23.5 Å². The molecule has 1 aromatic rings. The number of carbonyl (C=O) groups excluding carboxylic acids is 3. The zero-order chi connectivity index (χ0) is 16.9. The van der Waals surface area contributed by atoms with E-state index in [1.807, 2.05) is 0 Å². The maximum atomic E-state index is 14.2. The van der Waals surface area contributed by atoms with E-state index in [0.29, 0.717) is 0 Å². The van der Waals surface area contributed by atoms with Crippen LogP contribution in [0.15, 0.2) is 24.3 Å². The summed E-state index contributed by atoms with van der Waals surface area (Å²) in [5.74, 6) is -3.78. The van der Waals surface area contributed by atoms with Crippen molar-refractivity contribution in [3.8, 4) is 0 Å². The highest BCUT2D eigenvalue weighted by Crippen LogP contribution is 2.48. The van der Waals surface area contributed by atoms with E-state index in [-0.39, 0.29) is 5.56 Å². The van der Waals surface area contributed by atoms with Crippen molar-refractivity contribution in [3.63, 3.8) is 0 Å². The van der Waals surface area contributed by atoms with Gasteiger partial charge >= 0.3 is 5.97 Å². The number of rotatable bonds is 2. The summed E-state index contributed by atoms with van der Waals surface area (Å²) in [5.41, 5.74) is -1.13. The van der Waals surface area contributed by atoms with Gasteiger partial charge in [0.25, 0.3) is 0 Å². The maximum absolute atomic E-state index is 14.2. The molecule has 2 aliphatic heterocycles. The molecule has 0 spiro atoms. The third kappa shape index (κ3) is 1.99. The predicted octanol–water partition coefficient (Wildman–Crippen LogP) is 0.633. The molecule has 0 aliphatic carbocycles. The number of nitrogens with one attached hydrogen (secondary N) is 1. The largest absolute Gasteiger partial charge is 0.468 e. The first-order chi connectivity index (χ1) is 10.8. The van der Waals surface area contributed by atoms with Gasteiger partial charge in [-0.25, -0.2) is 4.39 Å². The zero-order valence-corrected chi connectivity index (χ0v) is 13.0. The Balaban J connectivity index is 2.14. The van der Waals surface area contributed by atoms with Crippen LogP contribution >= 0.6 is 0 Å². The first-order valence-electron chi connectivity index (χ1n) is 7.25. The number of halogens is 1. The van der Waals surface area contributed by atoms with Crippen LogP contribution in [0.5, 0.6) is 0 Å². The Morgan fingerprint density at radius 2 is 1.96 bits per heavy atom. The molecule has 2 saturated heterocycles. The SMILES string of the molecule is COC(=O)[C@]1(C)N[C@H](c2ccccc2F)[C@@H]2C(=O)N(C)C(=O)[C@@H]21. The van der Waals surface area contributed by atoms with Gasteiger partial charge < -0.3 is 4.74 Å². The van der Waals surface area contributed by atoms with Gasteiger partial charge in [-0.1, -0.05) is 18.2 Å². The van der Waals surface area contributed by atoms with Gasteiger partial charge in [-0.2, -0.15) is 0 Å². The first-order valence-corrected chi connectivity index (χ1v) is 7.25. The lowest BCUT2D eigenvalue weighted by molar-refractivity contribution is -0.152. The minimum atomic E-state index is -1.39. The van der Waals surface area contributed by atoms with E-state index in [1.54, 1.807) is 18.2 Å². The molecule has 7 heteroatoms. The van der Waals surface area contributed by atoms with E-state index in [4.69, 9.17) is 4.74 Å². The lowest BCUT2D eigenvalue weighted by Gasteiger charge is -2.27. The summed E-state index contributed by atoms with van der Waals surface area (Å²) in [4.78, 5) is 38.2. The van der Waals surface area contributed by atoms with Crippen LogP contribution in [0.2, 0.25) is 0 Å². The monoisotopic (exact) mass is 320 g/mol. The second-order valence-electron chi connectivity index (χ2n) is 6.08. The lowest BCUT2D eigenvalue weighted by atomic mass is 9.80. The van der Waals surface area contributed by atoms with Crippen LogP contribution in [0.4, 0.5) is 4.39 Å². The highest BCUT2D eigenvalue weighted by Gasteiger charge is 2.66. The van der Waals surface area contributed by atoms with Crippen molar-refractivity contribution >= 4 is 17.8 Å². The molecule has 2 amide bonds. The molecule has 23 heavy (non-hydrogen) atoms. The summed E-state index contributed by atoms with van der Waals surface area (Å²) in [7, 11) is 2.59. The highest BCUT2D eigenvalue weighted by atomic mass is 19.1. The average molecular weight is 320 g/mol. The standard InChI is InChI=1S/C16H17FN2O4/c1-16(15(22)23-3)11-10(13(20)19(2)14(11)21)12(18-16)8-6-4-5-7-9(8)17/h4-7,10-12,18H,1-3H3/t10-,11-,12-,16-/m1/s1. The van der Waals surface area contributed by atoms with Crippen LogP contribution in [-0.2, 0) is 19.1 Å². The maximum Gasteiger partial charge on any atom is 0.326 e. The number of fused-ring (bicyclic) bond motifs is 1. The molecule has 0 radical (unpaired) electrons. The van der Waals surface area contributed by atoms with E-state index in [9.17, 15) is 18.8 Å². The summed E-state index contributed by atoms with van der Waals surface area (Å²) < 4.78 is 19.0. The number of amides is 2. The molecule has 2 aliphatic rings. The number of ether oxygens (including phenoxy) is 1. The Labute approximate surface area is 132 Å². The number of likely N-dealkylation sites (tertiary alicyclic amines) is 1. The van der Waals surface area contributed by atoms with Crippen LogP contribution in [0.25, 0.3) is 0 Å². The third-order valence-corrected chi connectivity index (χ3v) is 4.86. The van der Waals surface area contributed by atoms with Crippen LogP contribution in [0.1, 0.15) is 18.5 Å². The second-order valence-corrected chi connectivity index (χ2v) is 6.08. The molecule has 6 nitrogen and oxygen atoms in total. The molecule has 3 rings (SSSR count). The topological polar surface area (TPSA) is 75.7 Å². The van der Waals surface area contributed by atoms with Gasteiger partial charge in [0.2, 0.25) is 11.8 Å². The van der Waals surface area contributed by atoms with Gasteiger partial charge in [-0.15, -0.1) is 0 Å². The number of hydrogen-bond donors (Lipinski definition) is 1. The van der Waals surface area contributed by atoms with E-state index in [1.165, 1.54) is 27.1 Å². The van der Waals surface area contributed by atoms with Gasteiger partial charge in [0.1, 0.15) is 11.4 Å². The van der Waals surface area contributed by atoms with Crippen molar-refractivity contribution in [3.05, 3.63) is 35.6 Å². The number of benzene rings is 1. The molecule has 1 N–H and O–H groups in total. The molecule has 0 saturated carbocycles. The van der Waals surface area contributed by atoms with E-state index in [2.05, 4.69) is 5.32 Å². The Hall–Kier alpha value is -2.28. The molecule has 122 valence electrons. The van der Waals surface area contributed by atoms with Gasteiger partial charge in [0.15, 0.2) is 0 Å². The van der Waals surface area contributed by atoms with Crippen molar-refractivity contribution in [1.82, 2.24) is 10.2 Å². The second kappa shape index (κ2) is 5.13. The Kier molecular flexibility index (Phi) is 3.48. The molecule has 1 aromatic carbocycles. The fourth-order valence-electron chi connectivity index (χ4n) is 3.68. The lowest BCUT2D eigenvalue weighted by Crippen LogP contribution is -2.53. The van der Waals surface area contributed by atoms with Crippen molar-refractivity contribution in [2.75, 3.05) is 14.2 Å². The summed E-state index contributed by atoms with van der Waals surface area (Å²) in [6.07, 6.45) is 0. The fraction of sp³-hybridized carbons (Fsp3) is 0.438. The number of nitrogens with zero attached hydrogens (tertiary/aromatic N) is 1. The normalized spacial score (nSPS) is 33.0. The van der Waals surface area contributed by atoms with Gasteiger partial charge in [-0.05, 0) is 13.0 Å². The van der Waals surface area contributed by atoms with Gasteiger partial charge in [0.05, 0.1) is 18.9 Å². The number of hydrogen-bond acceptors (Lipinski definition) is 5. The number of esters is 1. The molecule has 0 aromatic heterocycles. The molecule has 4 atom stereocenters. The van der Waals surface area contributed by atoms with Crippen LogP contribution in [0, 0.1) is 17.7 Å². The highest BCUT2D eigenvalue weighted by molar-refractivity contribution is 6.09. The van der Waals surface area contributed by atoms with Crippen molar-refractivity contribution in [2.45, 2.75) is 18.5 Å². The van der Waals surface area contributed by atoms with Crippen LogP contribution < -0.4 is 5.32 Å². The summed E-state index contributed by atoms with van der Waals surface area (Å²) in [6.45, 7) is 1.52. The Bertz CT molecular complexity index is 707. The van der Waals surface area contributed by atoms with E-state index >= 15 is 0 Å². The quantitative estimate of drug-likeness (QED) is 0.639. The van der Waals surface area contributed by atoms with E-state index in [0.717, 1.165) is 4.90 Å². The Morgan fingerprint density at radius 3 is 2.57 bits per heavy atom. The third-order valence-electron chi connectivity index (χ3n) is 4.86. The van der Waals surface area contributed by atoms with Gasteiger partial charge in [-0.3, -0.25) is 24.6 Å². The molecule has 0 unspecified atom stereocenters. The molecular formula is C16H17FN2O4. The minimum absolute atomic E-state index is 0.256. The van der Waals surface area contributed by atoms with Crippen molar-refractivity contribution in [1.29, 1.82) is 0 Å². The average Bonchev–Trinajstić information content (AvgIpc) is 2.97. The molecule has 2 fully saturated rings. The smallest absolute Gasteiger partial charge is 0.326 e. The van der Waals surface area contributed by atoms with Crippen LogP contribution in [-0.4, -0.2) is 42.4 Å².